The van der Waals surface area contributed by atoms with Gasteiger partial charge < -0.3 is 5.32 Å². The van der Waals surface area contributed by atoms with E-state index in [-0.39, 0.29) is 5.56 Å². The van der Waals surface area contributed by atoms with Crippen molar-refractivity contribution in [3.63, 3.8) is 0 Å². The maximum absolute atomic E-state index is 14.7. The molecule has 1 fully saturated rings. The van der Waals surface area contributed by atoms with Gasteiger partial charge in [-0.25, -0.2) is 14.1 Å². The Hall–Kier alpha value is -3.80. The Morgan fingerprint density at radius 3 is 2.25 bits per heavy atom. The Morgan fingerprint density at radius 1 is 0.906 bits per heavy atom. The number of nitrogens with one attached hydrogen (secondary N) is 1. The van der Waals surface area contributed by atoms with E-state index in [9.17, 15) is 18.8 Å². The summed E-state index contributed by atoms with van der Waals surface area (Å²) in [5.74, 6) is -3.06. The summed E-state index contributed by atoms with van der Waals surface area (Å²) in [4.78, 5) is 41.1. The zero-order chi connectivity index (χ0) is 23.0. The molecular weight excluding hydrogens is 407 g/mol. The minimum Gasteiger partial charge on any atom is -0.329 e. The van der Waals surface area contributed by atoms with E-state index in [2.05, 4.69) is 5.32 Å². The molecule has 0 spiro atoms. The predicted molar refractivity (Wildman–Crippen MR) is 120 cm³/mol. The van der Waals surface area contributed by atoms with Crippen LogP contribution in [0.1, 0.15) is 38.7 Å². The van der Waals surface area contributed by atoms with Gasteiger partial charge in [0, 0.05) is 11.1 Å². The van der Waals surface area contributed by atoms with Crippen molar-refractivity contribution < 1.29 is 18.8 Å². The van der Waals surface area contributed by atoms with E-state index in [0.29, 0.717) is 11.3 Å². The number of rotatable bonds is 4. The zero-order valence-electron chi connectivity index (χ0n) is 18.1. The summed E-state index contributed by atoms with van der Waals surface area (Å²) in [6.07, 6.45) is 0. The lowest BCUT2D eigenvalue weighted by atomic mass is 9.83. The lowest BCUT2D eigenvalue weighted by Crippen LogP contribution is -2.58. The van der Waals surface area contributed by atoms with Crippen LogP contribution in [-0.4, -0.2) is 17.7 Å². The second-order valence-electron chi connectivity index (χ2n) is 8.10. The molecular formula is C26H23FN2O3. The number of hydrogen-bond donors (Lipinski definition) is 1. The van der Waals surface area contributed by atoms with Crippen LogP contribution in [0.3, 0.4) is 0 Å². The molecule has 0 aromatic heterocycles. The lowest BCUT2D eigenvalue weighted by Gasteiger charge is -2.37. The molecule has 6 heteroatoms. The van der Waals surface area contributed by atoms with Gasteiger partial charge in [0.1, 0.15) is 11.7 Å². The van der Waals surface area contributed by atoms with Gasteiger partial charge in [0.2, 0.25) is 5.91 Å². The number of benzene rings is 3. The summed E-state index contributed by atoms with van der Waals surface area (Å²) in [6.45, 7) is 5.70. The number of carbonyl (C=O) groups excluding carboxylic acids is 3. The first-order valence-corrected chi connectivity index (χ1v) is 10.3. The smallest absolute Gasteiger partial charge is 0.329 e. The summed E-state index contributed by atoms with van der Waals surface area (Å²) in [7, 11) is 0. The first-order chi connectivity index (χ1) is 15.3. The molecule has 0 radical (unpaired) electrons. The van der Waals surface area contributed by atoms with E-state index in [1.54, 1.807) is 42.5 Å². The number of aryl methyl sites for hydroxylation is 3. The fourth-order valence-corrected chi connectivity index (χ4v) is 3.92. The van der Waals surface area contributed by atoms with Gasteiger partial charge in [0.15, 0.2) is 5.78 Å². The number of Topliss-reactive ketones (excluding diaryl/α,β-unsaturated/α-hetero) is 1. The second kappa shape index (κ2) is 8.38. The third-order valence-electron chi connectivity index (χ3n) is 5.91. The molecule has 32 heavy (non-hydrogen) atoms. The molecule has 1 saturated heterocycles. The van der Waals surface area contributed by atoms with Gasteiger partial charge in [-0.1, -0.05) is 54.1 Å². The number of nitrogens with zero attached hydrogens (tertiary/aromatic N) is 1. The van der Waals surface area contributed by atoms with Crippen LogP contribution < -0.4 is 10.2 Å². The molecule has 3 amide bonds. The van der Waals surface area contributed by atoms with Gasteiger partial charge in [-0.15, -0.1) is 0 Å². The molecule has 3 aromatic rings. The minimum absolute atomic E-state index is 0.0967. The molecule has 1 N–H and O–H groups in total. The van der Waals surface area contributed by atoms with Gasteiger partial charge in [0.25, 0.3) is 0 Å². The normalized spacial score (nSPS) is 18.4. The van der Waals surface area contributed by atoms with Crippen molar-refractivity contribution in [3.05, 3.63) is 100 Å². The number of urea groups is 1. The van der Waals surface area contributed by atoms with Crippen LogP contribution in [0.2, 0.25) is 0 Å². The van der Waals surface area contributed by atoms with E-state index in [0.717, 1.165) is 21.6 Å². The molecule has 2 unspecified atom stereocenters. The Labute approximate surface area is 185 Å². The maximum atomic E-state index is 14.7. The monoisotopic (exact) mass is 430 g/mol. The van der Waals surface area contributed by atoms with E-state index in [4.69, 9.17) is 0 Å². The summed E-state index contributed by atoms with van der Waals surface area (Å²) in [6, 6.07) is 16.1. The molecule has 4 rings (SSSR count). The van der Waals surface area contributed by atoms with Gasteiger partial charge in [-0.05, 0) is 50.1 Å². The van der Waals surface area contributed by atoms with Crippen LogP contribution in [0, 0.1) is 32.5 Å². The molecule has 1 heterocycles. The quantitative estimate of drug-likeness (QED) is 0.465. The number of amides is 3. The SMILES string of the molecule is Cc1ccc(C(=O)C2C(=O)N(c3ccc(C)c(C)c3)C(=O)NC2c2ccccc2F)cc1. The summed E-state index contributed by atoms with van der Waals surface area (Å²) >= 11 is 0. The predicted octanol–water partition coefficient (Wildman–Crippen LogP) is 5.05. The van der Waals surface area contributed by atoms with Crippen LogP contribution in [0.4, 0.5) is 14.9 Å². The molecule has 162 valence electrons. The van der Waals surface area contributed by atoms with Crippen LogP contribution in [0.15, 0.2) is 66.7 Å². The van der Waals surface area contributed by atoms with Crippen molar-refractivity contribution in [1.82, 2.24) is 5.32 Å². The van der Waals surface area contributed by atoms with Crippen LogP contribution in [0.25, 0.3) is 0 Å². The van der Waals surface area contributed by atoms with Crippen molar-refractivity contribution in [3.8, 4) is 0 Å². The van der Waals surface area contributed by atoms with Gasteiger partial charge in [-0.3, -0.25) is 9.59 Å². The van der Waals surface area contributed by atoms with E-state index in [1.165, 1.54) is 18.2 Å². The average molecular weight is 430 g/mol. The molecule has 2 atom stereocenters. The van der Waals surface area contributed by atoms with Crippen molar-refractivity contribution in [2.75, 3.05) is 4.90 Å². The Bertz CT molecular complexity index is 1220. The number of hydrogen-bond acceptors (Lipinski definition) is 3. The van der Waals surface area contributed by atoms with Crippen molar-refractivity contribution >= 4 is 23.4 Å². The molecule has 0 bridgehead atoms. The lowest BCUT2D eigenvalue weighted by molar-refractivity contribution is -0.121. The Kier molecular flexibility index (Phi) is 5.61. The molecule has 5 nitrogen and oxygen atoms in total. The highest BCUT2D eigenvalue weighted by molar-refractivity contribution is 6.25. The van der Waals surface area contributed by atoms with E-state index >= 15 is 0 Å². The number of halogens is 1. The third-order valence-corrected chi connectivity index (χ3v) is 5.91. The summed E-state index contributed by atoms with van der Waals surface area (Å²) in [5, 5.41) is 2.70. The van der Waals surface area contributed by atoms with Crippen LogP contribution in [-0.2, 0) is 4.79 Å². The molecule has 0 aliphatic carbocycles. The highest BCUT2D eigenvalue weighted by Gasteiger charge is 2.47. The average Bonchev–Trinajstić information content (AvgIpc) is 2.76. The molecule has 1 aliphatic rings. The topological polar surface area (TPSA) is 66.5 Å². The Morgan fingerprint density at radius 2 is 1.59 bits per heavy atom. The number of ketones is 1. The number of carbonyl (C=O) groups is 3. The number of anilines is 1. The summed E-state index contributed by atoms with van der Waals surface area (Å²) < 4.78 is 14.7. The molecule has 3 aromatic carbocycles. The highest BCUT2D eigenvalue weighted by atomic mass is 19.1. The second-order valence-corrected chi connectivity index (χ2v) is 8.10. The van der Waals surface area contributed by atoms with Gasteiger partial charge >= 0.3 is 6.03 Å². The van der Waals surface area contributed by atoms with Crippen molar-refractivity contribution in [1.29, 1.82) is 0 Å². The number of imide groups is 1. The first kappa shape index (κ1) is 21.4. The van der Waals surface area contributed by atoms with E-state index in [1.807, 2.05) is 26.8 Å². The van der Waals surface area contributed by atoms with Crippen LogP contribution in [0.5, 0.6) is 0 Å². The standard InChI is InChI=1S/C26H23FN2O3/c1-15-8-11-18(12-9-15)24(30)22-23(20-6-4-5-7-21(20)27)28-26(32)29(25(22)31)19-13-10-16(2)17(3)14-19/h4-14,22-23H,1-3H3,(H,28,32). The molecule has 0 saturated carbocycles. The third kappa shape index (κ3) is 3.80. The van der Waals surface area contributed by atoms with Gasteiger partial charge in [0.05, 0.1) is 11.7 Å². The highest BCUT2D eigenvalue weighted by Crippen LogP contribution is 2.35. The maximum Gasteiger partial charge on any atom is 0.329 e. The largest absolute Gasteiger partial charge is 0.329 e. The fraction of sp³-hybridized carbons (Fsp3) is 0.192. The molecule has 1 aliphatic heterocycles. The van der Waals surface area contributed by atoms with Crippen molar-refractivity contribution in [2.45, 2.75) is 26.8 Å². The van der Waals surface area contributed by atoms with Crippen LogP contribution >= 0.6 is 0 Å². The van der Waals surface area contributed by atoms with E-state index < -0.39 is 35.5 Å². The Balaban J connectivity index is 1.82. The zero-order valence-corrected chi connectivity index (χ0v) is 18.1. The fourth-order valence-electron chi connectivity index (χ4n) is 3.92. The summed E-state index contributed by atoms with van der Waals surface area (Å²) in [5.41, 5.74) is 3.67. The van der Waals surface area contributed by atoms with Gasteiger partial charge in [-0.2, -0.15) is 0 Å². The minimum atomic E-state index is -1.31. The first-order valence-electron chi connectivity index (χ1n) is 10.3. The van der Waals surface area contributed by atoms with Crippen molar-refractivity contribution in [2.24, 2.45) is 5.92 Å².